The number of nitrogens with one attached hydrogen (secondary N) is 4. The van der Waals surface area contributed by atoms with E-state index in [0.717, 1.165) is 22.4 Å². The number of H-pyrrole nitrogens is 1. The zero-order valence-electron chi connectivity index (χ0n) is 21.4. The smallest absolute Gasteiger partial charge is 0.256 e. The van der Waals surface area contributed by atoms with Crippen LogP contribution < -0.4 is 16.0 Å². The standard InChI is InChI=1S/C30H24FN7O2/c1-18(21-5-7-22(31)8-6-21)37-30(40)26-11-20(14-32)15-35-28(26)34-10-2-3-19-4-9-24-25(13-23-16-33-17-36-23)29(39)38-27(24)12-19/h2-9,11-13,15-18H,10H2,1H3,(H,33,36)(H,34,35)(H,37,40)(H,38,39). The van der Waals surface area contributed by atoms with Crippen LogP contribution in [0.4, 0.5) is 15.9 Å². The third-order valence-corrected chi connectivity index (χ3v) is 6.32. The van der Waals surface area contributed by atoms with Crippen molar-refractivity contribution in [2.75, 3.05) is 17.2 Å². The number of hydrogen-bond donors (Lipinski definition) is 4. The number of benzene rings is 2. The Balaban J connectivity index is 1.26. The number of rotatable bonds is 8. The number of aromatic amines is 1. The van der Waals surface area contributed by atoms with Crippen LogP contribution in [0.3, 0.4) is 0 Å². The average molecular weight is 534 g/mol. The van der Waals surface area contributed by atoms with E-state index in [1.807, 2.05) is 36.4 Å². The van der Waals surface area contributed by atoms with Gasteiger partial charge in [0.15, 0.2) is 0 Å². The lowest BCUT2D eigenvalue weighted by molar-refractivity contribution is -0.110. The lowest BCUT2D eigenvalue weighted by atomic mass is 10.0. The van der Waals surface area contributed by atoms with Gasteiger partial charge >= 0.3 is 0 Å². The summed E-state index contributed by atoms with van der Waals surface area (Å²) in [5, 5.41) is 18.2. The van der Waals surface area contributed by atoms with Crippen LogP contribution in [-0.2, 0) is 4.79 Å². The van der Waals surface area contributed by atoms with E-state index >= 15 is 0 Å². The molecule has 0 radical (unpaired) electrons. The second-order valence-electron chi connectivity index (χ2n) is 9.09. The summed E-state index contributed by atoms with van der Waals surface area (Å²) < 4.78 is 13.3. The number of anilines is 2. The average Bonchev–Trinajstić information content (AvgIpc) is 3.58. The summed E-state index contributed by atoms with van der Waals surface area (Å²) in [5.74, 6) is -0.633. The number of amides is 2. The first-order chi connectivity index (χ1) is 19.4. The predicted molar refractivity (Wildman–Crippen MR) is 150 cm³/mol. The number of carbonyl (C=O) groups excluding carboxylic acids is 2. The van der Waals surface area contributed by atoms with Gasteiger partial charge in [0.05, 0.1) is 41.0 Å². The molecule has 0 saturated heterocycles. The lowest BCUT2D eigenvalue weighted by Crippen LogP contribution is -2.28. The Labute approximate surface area is 229 Å². The predicted octanol–water partition coefficient (Wildman–Crippen LogP) is 4.92. The molecule has 9 nitrogen and oxygen atoms in total. The molecule has 1 unspecified atom stereocenters. The van der Waals surface area contributed by atoms with Gasteiger partial charge in [-0.25, -0.2) is 14.4 Å². The van der Waals surface area contributed by atoms with Crippen molar-refractivity contribution < 1.29 is 14.0 Å². The van der Waals surface area contributed by atoms with Crippen molar-refractivity contribution in [1.82, 2.24) is 20.3 Å². The maximum Gasteiger partial charge on any atom is 0.256 e. The van der Waals surface area contributed by atoms with E-state index in [2.05, 4.69) is 30.9 Å². The molecule has 1 atom stereocenters. The van der Waals surface area contributed by atoms with Crippen LogP contribution in [0.25, 0.3) is 17.7 Å². The van der Waals surface area contributed by atoms with Gasteiger partial charge in [0.1, 0.15) is 17.7 Å². The molecule has 10 heteroatoms. The molecule has 4 N–H and O–H groups in total. The second kappa shape index (κ2) is 11.4. The molecular formula is C30H24FN7O2. The van der Waals surface area contributed by atoms with Gasteiger partial charge < -0.3 is 20.9 Å². The molecule has 0 saturated carbocycles. The molecule has 0 bridgehead atoms. The summed E-state index contributed by atoms with van der Waals surface area (Å²) >= 11 is 0. The Morgan fingerprint density at radius 2 is 2.00 bits per heavy atom. The molecular weight excluding hydrogens is 509 g/mol. The highest BCUT2D eigenvalue weighted by atomic mass is 19.1. The van der Waals surface area contributed by atoms with E-state index < -0.39 is 5.91 Å². The highest BCUT2D eigenvalue weighted by Gasteiger charge is 2.24. The topological polar surface area (TPSA) is 136 Å². The summed E-state index contributed by atoms with van der Waals surface area (Å²) in [6, 6.07) is 14.6. The number of hydrogen-bond acceptors (Lipinski definition) is 6. The van der Waals surface area contributed by atoms with Gasteiger partial charge in [-0.1, -0.05) is 36.4 Å². The number of imidazole rings is 1. The van der Waals surface area contributed by atoms with E-state index in [0.29, 0.717) is 23.6 Å². The van der Waals surface area contributed by atoms with Crippen molar-refractivity contribution in [3.05, 3.63) is 113 Å². The maximum absolute atomic E-state index is 13.3. The minimum absolute atomic E-state index is 0.182. The van der Waals surface area contributed by atoms with E-state index in [1.165, 1.54) is 24.4 Å². The molecule has 3 heterocycles. The van der Waals surface area contributed by atoms with Crippen LogP contribution in [0, 0.1) is 17.1 Å². The molecule has 40 heavy (non-hydrogen) atoms. The molecule has 1 aliphatic rings. The Morgan fingerprint density at radius 3 is 2.75 bits per heavy atom. The van der Waals surface area contributed by atoms with Gasteiger partial charge in [0.25, 0.3) is 11.8 Å². The van der Waals surface area contributed by atoms with Crippen molar-refractivity contribution in [2.45, 2.75) is 13.0 Å². The van der Waals surface area contributed by atoms with E-state index in [-0.39, 0.29) is 28.9 Å². The fourth-order valence-corrected chi connectivity index (χ4v) is 4.26. The zero-order chi connectivity index (χ0) is 28.1. The molecule has 2 amide bonds. The van der Waals surface area contributed by atoms with Crippen molar-refractivity contribution in [3.63, 3.8) is 0 Å². The highest BCUT2D eigenvalue weighted by molar-refractivity contribution is 6.34. The number of fused-ring (bicyclic) bond motifs is 1. The SMILES string of the molecule is CC(NC(=O)c1cc(C#N)cnc1NCC=Cc1ccc2c(c1)NC(=O)C2=Cc1cnc[nH]1)c1ccc(F)cc1. The third-order valence-electron chi connectivity index (χ3n) is 6.32. The number of nitrogens with zero attached hydrogens (tertiary/aromatic N) is 3. The number of aromatic nitrogens is 3. The largest absolute Gasteiger partial charge is 0.366 e. The van der Waals surface area contributed by atoms with E-state index in [9.17, 15) is 19.2 Å². The molecule has 1 aliphatic heterocycles. The molecule has 2 aromatic carbocycles. The van der Waals surface area contributed by atoms with Crippen molar-refractivity contribution in [3.8, 4) is 6.07 Å². The summed E-state index contributed by atoms with van der Waals surface area (Å²) in [5.41, 5.74) is 4.91. The van der Waals surface area contributed by atoms with Gasteiger partial charge in [-0.05, 0) is 48.4 Å². The van der Waals surface area contributed by atoms with Crippen molar-refractivity contribution in [2.24, 2.45) is 0 Å². The number of halogens is 1. The molecule has 0 aliphatic carbocycles. The highest BCUT2D eigenvalue weighted by Crippen LogP contribution is 2.33. The summed E-state index contributed by atoms with van der Waals surface area (Å²) in [6.07, 6.45) is 10.1. The van der Waals surface area contributed by atoms with Crippen LogP contribution in [-0.4, -0.2) is 33.3 Å². The van der Waals surface area contributed by atoms with E-state index in [1.54, 1.807) is 37.7 Å². The summed E-state index contributed by atoms with van der Waals surface area (Å²) in [7, 11) is 0. The molecule has 5 rings (SSSR count). The quantitative estimate of drug-likeness (QED) is 0.237. The van der Waals surface area contributed by atoms with Crippen LogP contribution in [0.5, 0.6) is 0 Å². The normalized spacial score (nSPS) is 14.0. The summed E-state index contributed by atoms with van der Waals surface area (Å²) in [4.78, 5) is 36.7. The van der Waals surface area contributed by atoms with Crippen molar-refractivity contribution in [1.29, 1.82) is 5.26 Å². The fraction of sp³-hybridized carbons (Fsp3) is 0.100. The molecule has 4 aromatic rings. The Hall–Kier alpha value is -5.56. The van der Waals surface area contributed by atoms with Gasteiger partial charge in [-0.3, -0.25) is 9.59 Å². The first kappa shape index (κ1) is 26.1. The second-order valence-corrected chi connectivity index (χ2v) is 9.09. The molecule has 198 valence electrons. The van der Waals surface area contributed by atoms with Crippen molar-refractivity contribution >= 4 is 41.0 Å². The Bertz CT molecular complexity index is 1670. The number of pyridine rings is 1. The van der Waals surface area contributed by atoms with Crippen LogP contribution >= 0.6 is 0 Å². The lowest BCUT2D eigenvalue weighted by Gasteiger charge is -2.16. The van der Waals surface area contributed by atoms with Gasteiger partial charge in [0.2, 0.25) is 0 Å². The van der Waals surface area contributed by atoms with Gasteiger partial charge in [-0.15, -0.1) is 0 Å². The maximum atomic E-state index is 13.3. The Kier molecular flexibility index (Phi) is 7.46. The molecule has 0 fully saturated rings. The Morgan fingerprint density at radius 1 is 1.18 bits per heavy atom. The van der Waals surface area contributed by atoms with Crippen LogP contribution in [0.2, 0.25) is 0 Å². The fourth-order valence-electron chi connectivity index (χ4n) is 4.26. The minimum atomic E-state index is -0.416. The van der Waals surface area contributed by atoms with Crippen LogP contribution in [0.1, 0.15) is 51.3 Å². The van der Waals surface area contributed by atoms with Gasteiger partial charge in [0, 0.05) is 24.0 Å². The van der Waals surface area contributed by atoms with E-state index in [4.69, 9.17) is 0 Å². The molecule has 0 spiro atoms. The van der Waals surface area contributed by atoms with Gasteiger partial charge in [-0.2, -0.15) is 5.26 Å². The summed E-state index contributed by atoms with van der Waals surface area (Å²) in [6.45, 7) is 2.14. The third kappa shape index (κ3) is 5.79. The van der Waals surface area contributed by atoms with Crippen LogP contribution in [0.15, 0.2) is 73.3 Å². The number of nitriles is 1. The first-order valence-corrected chi connectivity index (χ1v) is 12.4. The molecule has 2 aromatic heterocycles. The first-order valence-electron chi connectivity index (χ1n) is 12.4. The minimum Gasteiger partial charge on any atom is -0.366 e. The zero-order valence-corrected chi connectivity index (χ0v) is 21.4. The number of carbonyl (C=O) groups is 2. The monoisotopic (exact) mass is 533 g/mol.